The van der Waals surface area contributed by atoms with E-state index in [9.17, 15) is 9.18 Å². The Morgan fingerprint density at radius 1 is 1.09 bits per heavy atom. The molecule has 9 heteroatoms. The Morgan fingerprint density at radius 3 is 2.59 bits per heavy atom. The lowest BCUT2D eigenvalue weighted by Crippen LogP contribution is -2.49. The second-order valence-corrected chi connectivity index (χ2v) is 8.79. The first-order valence-electron chi connectivity index (χ1n) is 11.6. The van der Waals surface area contributed by atoms with Crippen molar-refractivity contribution in [1.82, 2.24) is 35.0 Å². The summed E-state index contributed by atoms with van der Waals surface area (Å²) < 4.78 is 15.1. The van der Waals surface area contributed by atoms with Crippen molar-refractivity contribution in [3.63, 3.8) is 0 Å². The van der Waals surface area contributed by atoms with E-state index in [1.807, 2.05) is 31.2 Å². The average Bonchev–Trinajstić information content (AvgIpc) is 3.30. The molecule has 8 nitrogen and oxygen atoms in total. The van der Waals surface area contributed by atoms with Crippen molar-refractivity contribution in [3.8, 4) is 0 Å². The summed E-state index contributed by atoms with van der Waals surface area (Å²) in [6, 6.07) is 13.9. The molecule has 0 radical (unpaired) electrons. The number of piperazine rings is 1. The van der Waals surface area contributed by atoms with E-state index in [2.05, 4.69) is 37.2 Å². The first-order valence-corrected chi connectivity index (χ1v) is 11.6. The molecule has 0 spiro atoms. The van der Waals surface area contributed by atoms with Crippen molar-refractivity contribution in [2.24, 2.45) is 0 Å². The standard InChI is InChI=1S/C25H28FN7O/c1-3-31-11-13-32(14-12-31)23(21-15-19-6-4-5-17(2)22(19)27-25(21)34)24-28-29-30-33(24)16-18-7-9-20(26)10-8-18/h4-10,15,23H,3,11-14,16H2,1-2H3,(H,27,34)/t23-/m1/s1. The summed E-state index contributed by atoms with van der Waals surface area (Å²) in [4.78, 5) is 21.1. The van der Waals surface area contributed by atoms with E-state index < -0.39 is 6.04 Å². The van der Waals surface area contributed by atoms with Crippen molar-refractivity contribution in [1.29, 1.82) is 0 Å². The number of benzene rings is 2. The van der Waals surface area contributed by atoms with Crippen molar-refractivity contribution >= 4 is 10.9 Å². The molecule has 1 fully saturated rings. The van der Waals surface area contributed by atoms with Crippen LogP contribution in [0.4, 0.5) is 4.39 Å². The Hall–Kier alpha value is -3.43. The molecule has 34 heavy (non-hydrogen) atoms. The number of nitrogens with zero attached hydrogens (tertiary/aromatic N) is 6. The van der Waals surface area contributed by atoms with Gasteiger partial charge in [-0.25, -0.2) is 9.07 Å². The molecule has 2 aromatic heterocycles. The third-order valence-corrected chi connectivity index (χ3v) is 6.68. The van der Waals surface area contributed by atoms with Crippen LogP contribution in [0.3, 0.4) is 0 Å². The van der Waals surface area contributed by atoms with E-state index in [-0.39, 0.29) is 11.4 Å². The minimum Gasteiger partial charge on any atom is -0.321 e. The molecule has 0 unspecified atom stereocenters. The van der Waals surface area contributed by atoms with Crippen LogP contribution in [0.2, 0.25) is 0 Å². The quantitative estimate of drug-likeness (QED) is 0.476. The smallest absolute Gasteiger partial charge is 0.253 e. The minimum absolute atomic E-state index is 0.138. The molecule has 1 N–H and O–H groups in total. The highest BCUT2D eigenvalue weighted by molar-refractivity contribution is 5.82. The molecule has 1 atom stereocenters. The number of nitrogens with one attached hydrogen (secondary N) is 1. The number of hydrogen-bond acceptors (Lipinski definition) is 6. The van der Waals surface area contributed by atoms with Gasteiger partial charge in [-0.3, -0.25) is 9.69 Å². The van der Waals surface area contributed by atoms with E-state index in [4.69, 9.17) is 0 Å². The molecule has 1 aliphatic heterocycles. The van der Waals surface area contributed by atoms with E-state index in [0.717, 1.165) is 54.8 Å². The van der Waals surface area contributed by atoms with Gasteiger partial charge in [-0.2, -0.15) is 0 Å². The Morgan fingerprint density at radius 2 is 1.85 bits per heavy atom. The van der Waals surface area contributed by atoms with E-state index in [0.29, 0.717) is 17.9 Å². The maximum absolute atomic E-state index is 13.4. The second kappa shape index (κ2) is 9.44. The lowest BCUT2D eigenvalue weighted by atomic mass is 10.0. The van der Waals surface area contributed by atoms with E-state index in [1.165, 1.54) is 12.1 Å². The van der Waals surface area contributed by atoms with Crippen LogP contribution in [-0.2, 0) is 6.54 Å². The fraction of sp³-hybridized carbons (Fsp3) is 0.360. The zero-order valence-electron chi connectivity index (χ0n) is 19.4. The van der Waals surface area contributed by atoms with Crippen LogP contribution in [0.25, 0.3) is 10.9 Å². The van der Waals surface area contributed by atoms with Crippen LogP contribution in [0.5, 0.6) is 0 Å². The predicted octanol–water partition coefficient (Wildman–Crippen LogP) is 2.74. The number of halogens is 1. The number of aryl methyl sites for hydroxylation is 1. The number of likely N-dealkylation sites (N-methyl/N-ethyl adjacent to an activating group) is 1. The van der Waals surface area contributed by atoms with Crippen molar-refractivity contribution in [3.05, 3.63) is 87.2 Å². The monoisotopic (exact) mass is 461 g/mol. The number of aromatic amines is 1. The van der Waals surface area contributed by atoms with Gasteiger partial charge in [0.05, 0.1) is 12.1 Å². The molecule has 2 aromatic carbocycles. The molecule has 1 saturated heterocycles. The summed E-state index contributed by atoms with van der Waals surface area (Å²) in [6.07, 6.45) is 0. The highest BCUT2D eigenvalue weighted by Crippen LogP contribution is 2.28. The minimum atomic E-state index is -0.400. The number of rotatable bonds is 6. The summed E-state index contributed by atoms with van der Waals surface area (Å²) in [5.41, 5.74) is 3.24. The molecule has 3 heterocycles. The normalized spacial score (nSPS) is 16.2. The molecule has 0 bridgehead atoms. The molecule has 5 rings (SSSR count). The van der Waals surface area contributed by atoms with Gasteiger partial charge in [0, 0.05) is 31.7 Å². The Balaban J connectivity index is 1.59. The molecular weight excluding hydrogens is 433 g/mol. The van der Waals surface area contributed by atoms with Crippen LogP contribution in [0, 0.1) is 12.7 Å². The molecule has 0 amide bonds. The van der Waals surface area contributed by atoms with Crippen molar-refractivity contribution in [2.45, 2.75) is 26.4 Å². The van der Waals surface area contributed by atoms with Gasteiger partial charge in [0.25, 0.3) is 5.56 Å². The maximum atomic E-state index is 13.4. The Labute approximate surface area is 197 Å². The van der Waals surface area contributed by atoms with Crippen LogP contribution < -0.4 is 5.56 Å². The van der Waals surface area contributed by atoms with Gasteiger partial charge in [0.15, 0.2) is 5.82 Å². The van der Waals surface area contributed by atoms with Gasteiger partial charge in [-0.1, -0.05) is 37.3 Å². The van der Waals surface area contributed by atoms with Gasteiger partial charge in [-0.05, 0) is 58.6 Å². The van der Waals surface area contributed by atoms with Crippen LogP contribution in [0.1, 0.15) is 35.5 Å². The molecule has 0 saturated carbocycles. The Bertz CT molecular complexity index is 1340. The van der Waals surface area contributed by atoms with E-state index >= 15 is 0 Å². The maximum Gasteiger partial charge on any atom is 0.253 e. The third kappa shape index (κ3) is 4.36. The summed E-state index contributed by atoms with van der Waals surface area (Å²) in [5.74, 6) is 0.317. The average molecular weight is 462 g/mol. The van der Waals surface area contributed by atoms with Crippen molar-refractivity contribution < 1.29 is 4.39 Å². The van der Waals surface area contributed by atoms with E-state index in [1.54, 1.807) is 16.8 Å². The number of tetrazole rings is 1. The highest BCUT2D eigenvalue weighted by atomic mass is 19.1. The Kier molecular flexibility index (Phi) is 6.21. The SMILES string of the molecule is CCN1CCN([C@H](c2cc3cccc(C)c3[nH]c2=O)c2nnnn2Cc2ccc(F)cc2)CC1. The molecule has 4 aromatic rings. The number of para-hydroxylation sites is 1. The number of fused-ring (bicyclic) bond motifs is 1. The number of hydrogen-bond donors (Lipinski definition) is 1. The largest absolute Gasteiger partial charge is 0.321 e. The second-order valence-electron chi connectivity index (χ2n) is 8.79. The lowest BCUT2D eigenvalue weighted by molar-refractivity contribution is 0.108. The molecule has 176 valence electrons. The predicted molar refractivity (Wildman–Crippen MR) is 128 cm³/mol. The van der Waals surface area contributed by atoms with Gasteiger partial charge in [-0.15, -0.1) is 5.10 Å². The van der Waals surface area contributed by atoms with Crippen molar-refractivity contribution in [2.75, 3.05) is 32.7 Å². The molecule has 1 aliphatic rings. The fourth-order valence-electron chi connectivity index (χ4n) is 4.72. The summed E-state index contributed by atoms with van der Waals surface area (Å²) in [6.45, 7) is 8.96. The highest BCUT2D eigenvalue weighted by Gasteiger charge is 2.32. The topological polar surface area (TPSA) is 82.9 Å². The van der Waals surface area contributed by atoms with Gasteiger partial charge < -0.3 is 9.88 Å². The molecule has 0 aliphatic carbocycles. The number of H-pyrrole nitrogens is 1. The van der Waals surface area contributed by atoms with Gasteiger partial charge in [0.1, 0.15) is 11.9 Å². The number of aromatic nitrogens is 5. The summed E-state index contributed by atoms with van der Waals surface area (Å²) in [7, 11) is 0. The van der Waals surface area contributed by atoms with Gasteiger partial charge >= 0.3 is 0 Å². The zero-order chi connectivity index (χ0) is 23.7. The third-order valence-electron chi connectivity index (χ3n) is 6.68. The van der Waals surface area contributed by atoms with Crippen LogP contribution in [-0.4, -0.2) is 67.7 Å². The zero-order valence-corrected chi connectivity index (χ0v) is 19.4. The van der Waals surface area contributed by atoms with Crippen LogP contribution >= 0.6 is 0 Å². The summed E-state index contributed by atoms with van der Waals surface area (Å²) >= 11 is 0. The number of pyridine rings is 1. The van der Waals surface area contributed by atoms with Gasteiger partial charge in [0.2, 0.25) is 0 Å². The van der Waals surface area contributed by atoms with Crippen LogP contribution in [0.15, 0.2) is 53.3 Å². The first-order chi connectivity index (χ1) is 16.5. The first kappa shape index (κ1) is 22.4. The molecular formula is C25H28FN7O. The lowest BCUT2D eigenvalue weighted by Gasteiger charge is -2.38. The fourth-order valence-corrected chi connectivity index (χ4v) is 4.72. The summed E-state index contributed by atoms with van der Waals surface area (Å²) in [5, 5.41) is 13.5.